The standard InChI is InChI=1S/C17H28N2O/c1-14(2)18-13-15-7-9-17(10-8-15)19(11-12-20)16-5-3-4-6-16/h7-10,14,16,18,20H,3-6,11-13H2,1-2H3. The highest BCUT2D eigenvalue weighted by Crippen LogP contribution is 2.28. The van der Waals surface area contributed by atoms with E-state index in [-0.39, 0.29) is 6.61 Å². The largest absolute Gasteiger partial charge is 0.395 e. The lowest BCUT2D eigenvalue weighted by molar-refractivity contribution is 0.297. The molecule has 3 nitrogen and oxygen atoms in total. The molecule has 0 radical (unpaired) electrons. The summed E-state index contributed by atoms with van der Waals surface area (Å²) in [5, 5.41) is 12.7. The molecule has 0 atom stereocenters. The molecule has 1 aromatic rings. The van der Waals surface area contributed by atoms with Gasteiger partial charge in [0.1, 0.15) is 0 Å². The predicted molar refractivity (Wildman–Crippen MR) is 85.1 cm³/mol. The molecule has 1 aromatic carbocycles. The van der Waals surface area contributed by atoms with Gasteiger partial charge in [-0.05, 0) is 30.5 Å². The summed E-state index contributed by atoms with van der Waals surface area (Å²) in [5.41, 5.74) is 2.57. The summed E-state index contributed by atoms with van der Waals surface area (Å²) in [6, 6.07) is 9.92. The van der Waals surface area contributed by atoms with Gasteiger partial charge >= 0.3 is 0 Å². The number of nitrogens with zero attached hydrogens (tertiary/aromatic N) is 1. The van der Waals surface area contributed by atoms with Crippen molar-refractivity contribution in [1.82, 2.24) is 5.32 Å². The van der Waals surface area contributed by atoms with E-state index in [2.05, 4.69) is 48.3 Å². The minimum Gasteiger partial charge on any atom is -0.395 e. The summed E-state index contributed by atoms with van der Waals surface area (Å²) in [4.78, 5) is 2.38. The van der Waals surface area contributed by atoms with Crippen molar-refractivity contribution in [2.24, 2.45) is 0 Å². The van der Waals surface area contributed by atoms with Gasteiger partial charge in [-0.15, -0.1) is 0 Å². The topological polar surface area (TPSA) is 35.5 Å². The molecular weight excluding hydrogens is 248 g/mol. The van der Waals surface area contributed by atoms with Crippen molar-refractivity contribution < 1.29 is 5.11 Å². The van der Waals surface area contributed by atoms with Crippen LogP contribution in [0, 0.1) is 0 Å². The van der Waals surface area contributed by atoms with Gasteiger partial charge in [0.05, 0.1) is 6.61 Å². The van der Waals surface area contributed by atoms with E-state index in [0.29, 0.717) is 12.1 Å². The minimum absolute atomic E-state index is 0.229. The van der Waals surface area contributed by atoms with Gasteiger partial charge < -0.3 is 15.3 Å². The molecule has 1 fully saturated rings. The normalized spacial score (nSPS) is 16.0. The quantitative estimate of drug-likeness (QED) is 0.804. The first-order valence-corrected chi connectivity index (χ1v) is 7.90. The third-order valence-corrected chi connectivity index (χ3v) is 4.09. The molecule has 1 aliphatic rings. The molecule has 1 saturated carbocycles. The fourth-order valence-corrected chi connectivity index (χ4v) is 2.97. The van der Waals surface area contributed by atoms with Crippen molar-refractivity contribution in [1.29, 1.82) is 0 Å². The Hall–Kier alpha value is -1.06. The van der Waals surface area contributed by atoms with Crippen LogP contribution in [0.3, 0.4) is 0 Å². The first-order chi connectivity index (χ1) is 9.70. The van der Waals surface area contributed by atoms with Crippen LogP contribution in [0.25, 0.3) is 0 Å². The van der Waals surface area contributed by atoms with Crippen LogP contribution < -0.4 is 10.2 Å². The lowest BCUT2D eigenvalue weighted by Crippen LogP contribution is -2.35. The molecule has 0 unspecified atom stereocenters. The maximum absolute atomic E-state index is 9.31. The molecule has 1 aliphatic carbocycles. The monoisotopic (exact) mass is 276 g/mol. The Balaban J connectivity index is 2.01. The fourth-order valence-electron chi connectivity index (χ4n) is 2.97. The summed E-state index contributed by atoms with van der Waals surface area (Å²) in [7, 11) is 0. The summed E-state index contributed by atoms with van der Waals surface area (Å²) in [6.07, 6.45) is 5.17. The van der Waals surface area contributed by atoms with Crippen molar-refractivity contribution in [3.8, 4) is 0 Å². The highest BCUT2D eigenvalue weighted by atomic mass is 16.3. The van der Waals surface area contributed by atoms with E-state index in [4.69, 9.17) is 0 Å². The van der Waals surface area contributed by atoms with Gasteiger partial charge in [-0.3, -0.25) is 0 Å². The Labute approximate surface area is 123 Å². The Morgan fingerprint density at radius 3 is 2.40 bits per heavy atom. The molecule has 0 heterocycles. The molecule has 0 aromatic heterocycles. The number of anilines is 1. The number of nitrogens with one attached hydrogen (secondary N) is 1. The molecule has 2 N–H and O–H groups in total. The number of benzene rings is 1. The van der Waals surface area contributed by atoms with E-state index in [1.165, 1.54) is 36.9 Å². The van der Waals surface area contributed by atoms with Gasteiger partial charge in [0.15, 0.2) is 0 Å². The smallest absolute Gasteiger partial charge is 0.0606 e. The summed E-state index contributed by atoms with van der Waals surface area (Å²) >= 11 is 0. The SMILES string of the molecule is CC(C)NCc1ccc(N(CCO)C2CCCC2)cc1. The van der Waals surface area contributed by atoms with Crippen LogP contribution in [0.2, 0.25) is 0 Å². The molecule has 0 saturated heterocycles. The second kappa shape index (κ2) is 7.65. The zero-order valence-corrected chi connectivity index (χ0v) is 12.8. The Kier molecular flexibility index (Phi) is 5.86. The molecule has 112 valence electrons. The second-order valence-electron chi connectivity index (χ2n) is 6.06. The molecule has 20 heavy (non-hydrogen) atoms. The summed E-state index contributed by atoms with van der Waals surface area (Å²) in [6.45, 7) is 6.22. The maximum atomic E-state index is 9.31. The van der Waals surface area contributed by atoms with Crippen molar-refractivity contribution >= 4 is 5.69 Å². The molecule has 0 bridgehead atoms. The van der Waals surface area contributed by atoms with Crippen LogP contribution in [0.5, 0.6) is 0 Å². The Morgan fingerprint density at radius 2 is 1.85 bits per heavy atom. The molecule has 0 spiro atoms. The van der Waals surface area contributed by atoms with Gasteiger partial charge in [0.2, 0.25) is 0 Å². The lowest BCUT2D eigenvalue weighted by atomic mass is 10.1. The van der Waals surface area contributed by atoms with E-state index in [9.17, 15) is 5.11 Å². The Bertz CT molecular complexity index is 382. The minimum atomic E-state index is 0.229. The number of aliphatic hydroxyl groups excluding tert-OH is 1. The van der Waals surface area contributed by atoms with Gasteiger partial charge in [0, 0.05) is 30.9 Å². The average Bonchev–Trinajstić information content (AvgIpc) is 2.97. The average molecular weight is 276 g/mol. The van der Waals surface area contributed by atoms with Crippen LogP contribution in [-0.4, -0.2) is 30.3 Å². The molecule has 2 rings (SSSR count). The first-order valence-electron chi connectivity index (χ1n) is 7.90. The van der Waals surface area contributed by atoms with Crippen molar-refractivity contribution in [2.45, 2.75) is 58.2 Å². The number of hydrogen-bond donors (Lipinski definition) is 2. The van der Waals surface area contributed by atoms with Crippen LogP contribution in [0.4, 0.5) is 5.69 Å². The molecule has 3 heteroatoms. The number of aliphatic hydroxyl groups is 1. The van der Waals surface area contributed by atoms with Crippen LogP contribution in [0.15, 0.2) is 24.3 Å². The summed E-state index contributed by atoms with van der Waals surface area (Å²) < 4.78 is 0. The van der Waals surface area contributed by atoms with Crippen molar-refractivity contribution in [2.75, 3.05) is 18.1 Å². The Morgan fingerprint density at radius 1 is 1.20 bits per heavy atom. The maximum Gasteiger partial charge on any atom is 0.0606 e. The molecule has 0 amide bonds. The number of hydrogen-bond acceptors (Lipinski definition) is 3. The zero-order valence-electron chi connectivity index (χ0n) is 12.8. The van der Waals surface area contributed by atoms with Gasteiger partial charge in [-0.25, -0.2) is 0 Å². The molecular formula is C17H28N2O. The second-order valence-corrected chi connectivity index (χ2v) is 6.06. The number of rotatable bonds is 7. The van der Waals surface area contributed by atoms with Gasteiger partial charge in [0.25, 0.3) is 0 Å². The van der Waals surface area contributed by atoms with E-state index >= 15 is 0 Å². The highest BCUT2D eigenvalue weighted by molar-refractivity contribution is 5.48. The lowest BCUT2D eigenvalue weighted by Gasteiger charge is -2.30. The third kappa shape index (κ3) is 4.22. The van der Waals surface area contributed by atoms with Crippen LogP contribution in [-0.2, 0) is 6.54 Å². The van der Waals surface area contributed by atoms with Crippen LogP contribution in [0.1, 0.15) is 45.1 Å². The van der Waals surface area contributed by atoms with Gasteiger partial charge in [-0.2, -0.15) is 0 Å². The van der Waals surface area contributed by atoms with E-state index in [1.54, 1.807) is 0 Å². The highest BCUT2D eigenvalue weighted by Gasteiger charge is 2.22. The van der Waals surface area contributed by atoms with Crippen LogP contribution >= 0.6 is 0 Å². The predicted octanol–water partition coefficient (Wildman–Crippen LogP) is 2.93. The van der Waals surface area contributed by atoms with Crippen molar-refractivity contribution in [3.63, 3.8) is 0 Å². The summed E-state index contributed by atoms with van der Waals surface area (Å²) in [5.74, 6) is 0. The third-order valence-electron chi connectivity index (χ3n) is 4.09. The molecule has 0 aliphatic heterocycles. The van der Waals surface area contributed by atoms with E-state index in [0.717, 1.165) is 13.1 Å². The van der Waals surface area contributed by atoms with Crippen molar-refractivity contribution in [3.05, 3.63) is 29.8 Å². The fraction of sp³-hybridized carbons (Fsp3) is 0.647. The van der Waals surface area contributed by atoms with E-state index < -0.39 is 0 Å². The van der Waals surface area contributed by atoms with E-state index in [1.807, 2.05) is 0 Å². The van der Waals surface area contributed by atoms with Gasteiger partial charge in [-0.1, -0.05) is 38.8 Å². The first kappa shape index (κ1) is 15.3. The zero-order chi connectivity index (χ0) is 14.4.